The Labute approximate surface area is 294 Å². The van der Waals surface area contributed by atoms with Gasteiger partial charge in [0.1, 0.15) is 0 Å². The summed E-state index contributed by atoms with van der Waals surface area (Å²) in [4.78, 5) is 39.9. The molecule has 0 aliphatic heterocycles. The molecule has 0 aliphatic rings. The van der Waals surface area contributed by atoms with E-state index < -0.39 is 85.6 Å². The van der Waals surface area contributed by atoms with E-state index in [0.717, 1.165) is 0 Å². The van der Waals surface area contributed by atoms with Crippen LogP contribution in [0.1, 0.15) is 105 Å². The van der Waals surface area contributed by atoms with E-state index in [1.54, 1.807) is 27.7 Å². The smallest absolute Gasteiger partial charge is 0.550 e. The number of aliphatic hydroxyl groups excluding tert-OH is 8. The molecule has 0 aromatic carbocycles. The predicted octanol–water partition coefficient (Wildman–Crippen LogP) is -3.12. The van der Waals surface area contributed by atoms with Crippen molar-refractivity contribution in [2.45, 2.75) is 154 Å². The van der Waals surface area contributed by atoms with Gasteiger partial charge in [0.25, 0.3) is 0 Å². The van der Waals surface area contributed by atoms with Crippen molar-refractivity contribution >= 4 is 61.6 Å². The van der Waals surface area contributed by atoms with Crippen molar-refractivity contribution in [2.75, 3.05) is 0 Å². The summed E-state index contributed by atoms with van der Waals surface area (Å²) in [6, 6.07) is 0. The predicted molar refractivity (Wildman–Crippen MR) is 157 cm³/mol. The zero-order valence-electron chi connectivity index (χ0n) is 26.7. The molecule has 0 amide bonds. The molecule has 45 heavy (non-hydrogen) atoms. The molecule has 0 aromatic heterocycles. The number of hydrogen-bond donors (Lipinski definition) is 10. The minimum absolute atomic E-state index is 0. The fraction of sp³-hybridized carbons (Fsp3) is 0.857. The molecule has 10 N–H and O–H groups in total. The summed E-state index contributed by atoms with van der Waals surface area (Å²) in [5, 5.41) is 108. The maximum absolute atomic E-state index is 10.0. The first-order valence-corrected chi connectivity index (χ1v) is 14.5. The topological polar surface area (TPSA) is 317 Å². The molecule has 0 fully saturated rings. The minimum Gasteiger partial charge on any atom is -0.550 e. The van der Waals surface area contributed by atoms with Gasteiger partial charge in [-0.05, 0) is 51.4 Å². The standard InChI is InChI=1S/4C7H14O4.Ca/c4*1-2-5(8)3-6(9)4-7(10)11;/h4*5-6,8-9H,2-4H2,1H3,(H,10,11);/q;;;;+2/p-2. The summed E-state index contributed by atoms with van der Waals surface area (Å²) in [6.45, 7) is 7.07. The van der Waals surface area contributed by atoms with Gasteiger partial charge in [-0.2, -0.15) is 0 Å². The number of rotatable bonds is 20. The Morgan fingerprint density at radius 1 is 0.422 bits per heavy atom. The SMILES string of the molecule is CCC(O)CC(O)CC(=O)O.CCC(O)CC(O)CC(=O)O.CCC(O)CC(O)CC(=O)[O-].CCC(O)CC(O)CC(=O)[O-].[Ca+2]. The Morgan fingerprint density at radius 2 is 0.600 bits per heavy atom. The van der Waals surface area contributed by atoms with Crippen LogP contribution >= 0.6 is 0 Å². The molecule has 0 aromatic rings. The van der Waals surface area contributed by atoms with Crippen LogP contribution in [0.3, 0.4) is 0 Å². The van der Waals surface area contributed by atoms with Gasteiger partial charge in [-0.1, -0.05) is 27.7 Å². The summed E-state index contributed by atoms with van der Waals surface area (Å²) in [7, 11) is 0. The normalized spacial score (nSPS) is 15.6. The molecule has 0 heterocycles. The van der Waals surface area contributed by atoms with E-state index in [0.29, 0.717) is 25.7 Å². The van der Waals surface area contributed by atoms with Crippen LogP contribution in [0.15, 0.2) is 0 Å². The van der Waals surface area contributed by atoms with E-state index in [9.17, 15) is 29.4 Å². The maximum atomic E-state index is 10.0. The van der Waals surface area contributed by atoms with Crippen LogP contribution in [0.5, 0.6) is 0 Å². The average molecular weight is 687 g/mol. The molecular formula is C28H54CaO16. The zero-order chi connectivity index (χ0) is 35.4. The Hall–Kier alpha value is -1.18. The molecule has 17 heteroatoms. The van der Waals surface area contributed by atoms with Gasteiger partial charge in [-0.25, -0.2) is 0 Å². The second-order valence-electron chi connectivity index (χ2n) is 10.2. The van der Waals surface area contributed by atoms with Gasteiger partial charge in [0.05, 0.1) is 61.7 Å². The largest absolute Gasteiger partial charge is 2.00 e. The van der Waals surface area contributed by atoms with Crippen LogP contribution in [0, 0.1) is 0 Å². The Balaban J connectivity index is -0.000000157. The number of aliphatic carboxylic acids is 4. The van der Waals surface area contributed by atoms with E-state index in [-0.39, 0.29) is 76.3 Å². The Morgan fingerprint density at radius 3 is 0.733 bits per heavy atom. The van der Waals surface area contributed by atoms with Gasteiger partial charge in [0.2, 0.25) is 0 Å². The van der Waals surface area contributed by atoms with E-state index in [1.807, 2.05) is 0 Å². The second-order valence-corrected chi connectivity index (χ2v) is 10.2. The van der Waals surface area contributed by atoms with E-state index in [2.05, 4.69) is 0 Å². The van der Waals surface area contributed by atoms with Gasteiger partial charge >= 0.3 is 49.7 Å². The van der Waals surface area contributed by atoms with Crippen LogP contribution in [0.4, 0.5) is 0 Å². The van der Waals surface area contributed by atoms with Gasteiger partial charge < -0.3 is 70.9 Å². The summed E-state index contributed by atoms with van der Waals surface area (Å²) < 4.78 is 0. The maximum Gasteiger partial charge on any atom is 2.00 e. The zero-order valence-corrected chi connectivity index (χ0v) is 28.9. The second kappa shape index (κ2) is 34.2. The molecule has 0 saturated carbocycles. The molecule has 0 bridgehead atoms. The summed E-state index contributed by atoms with van der Waals surface area (Å²) >= 11 is 0. The molecule has 0 aliphatic carbocycles. The van der Waals surface area contributed by atoms with Crippen LogP contribution in [0.25, 0.3) is 0 Å². The van der Waals surface area contributed by atoms with Gasteiger partial charge in [0, 0.05) is 24.8 Å². The average Bonchev–Trinajstić information content (AvgIpc) is 2.87. The Kier molecular flexibility index (Phi) is 40.5. The quantitative estimate of drug-likeness (QED) is 0.0566. The number of carboxylic acids is 4. The van der Waals surface area contributed by atoms with Crippen molar-refractivity contribution in [2.24, 2.45) is 0 Å². The third-order valence-electron chi connectivity index (χ3n) is 5.69. The molecule has 0 saturated heterocycles. The summed E-state index contributed by atoms with van der Waals surface area (Å²) in [5.74, 6) is -4.66. The van der Waals surface area contributed by atoms with Crippen LogP contribution in [-0.2, 0) is 19.2 Å². The van der Waals surface area contributed by atoms with Crippen molar-refractivity contribution in [3.05, 3.63) is 0 Å². The first-order chi connectivity index (χ1) is 20.2. The first kappa shape index (κ1) is 53.3. The fourth-order valence-corrected chi connectivity index (χ4v) is 3.04. The third-order valence-corrected chi connectivity index (χ3v) is 5.69. The molecule has 0 rings (SSSR count). The number of aliphatic hydroxyl groups is 8. The van der Waals surface area contributed by atoms with E-state index >= 15 is 0 Å². The first-order valence-electron chi connectivity index (χ1n) is 14.5. The monoisotopic (exact) mass is 686 g/mol. The summed E-state index contributed by atoms with van der Waals surface area (Å²) in [5.41, 5.74) is 0. The Bertz CT molecular complexity index is 621. The fourth-order valence-electron chi connectivity index (χ4n) is 3.04. The minimum atomic E-state index is -1.29. The van der Waals surface area contributed by atoms with Crippen molar-refractivity contribution in [1.82, 2.24) is 0 Å². The molecule has 0 spiro atoms. The van der Waals surface area contributed by atoms with Crippen molar-refractivity contribution < 1.29 is 80.5 Å². The van der Waals surface area contributed by atoms with Gasteiger partial charge in [-0.3, -0.25) is 9.59 Å². The van der Waals surface area contributed by atoms with Crippen LogP contribution < -0.4 is 10.2 Å². The molecule has 264 valence electrons. The van der Waals surface area contributed by atoms with Gasteiger partial charge in [0.15, 0.2) is 0 Å². The van der Waals surface area contributed by atoms with Crippen LogP contribution in [0.2, 0.25) is 0 Å². The number of carbonyl (C=O) groups is 4. The number of carboxylic acid groups (broad SMARTS) is 4. The van der Waals surface area contributed by atoms with Crippen molar-refractivity contribution in [3.8, 4) is 0 Å². The van der Waals surface area contributed by atoms with E-state index in [4.69, 9.17) is 51.1 Å². The number of hydrogen-bond acceptors (Lipinski definition) is 14. The summed E-state index contributed by atoms with van der Waals surface area (Å²) in [6.07, 6.45) is -5.07. The molecule has 8 atom stereocenters. The molecule has 8 unspecified atom stereocenters. The number of carbonyl (C=O) groups excluding carboxylic acids is 2. The van der Waals surface area contributed by atoms with Gasteiger partial charge in [-0.15, -0.1) is 0 Å². The molecular weight excluding hydrogens is 632 g/mol. The third kappa shape index (κ3) is 47.3. The molecule has 16 nitrogen and oxygen atoms in total. The van der Waals surface area contributed by atoms with Crippen molar-refractivity contribution in [3.63, 3.8) is 0 Å². The molecule has 0 radical (unpaired) electrons. The van der Waals surface area contributed by atoms with Crippen LogP contribution in [-0.4, -0.2) is 162 Å². The van der Waals surface area contributed by atoms with Crippen molar-refractivity contribution in [1.29, 1.82) is 0 Å². The van der Waals surface area contributed by atoms with E-state index in [1.165, 1.54) is 0 Å².